The molecule has 1 heterocycles. The molecule has 0 spiro atoms. The first-order chi connectivity index (χ1) is 9.15. The van der Waals surface area contributed by atoms with Crippen molar-refractivity contribution in [3.63, 3.8) is 0 Å². The van der Waals surface area contributed by atoms with Crippen LogP contribution in [-0.2, 0) is 4.79 Å². The number of nitrogens with zero attached hydrogens (tertiary/aromatic N) is 3. The van der Waals surface area contributed by atoms with E-state index in [9.17, 15) is 4.79 Å². The number of thioether (sulfide) groups is 1. The molecule has 0 fully saturated rings. The Morgan fingerprint density at radius 1 is 1.42 bits per heavy atom. The molecule has 1 aromatic heterocycles. The zero-order valence-corrected chi connectivity index (χ0v) is 11.6. The second-order valence-corrected chi connectivity index (χ2v) is 5.03. The van der Waals surface area contributed by atoms with Crippen LogP contribution in [0.2, 0.25) is 0 Å². The highest BCUT2D eigenvalue weighted by Gasteiger charge is 2.15. The number of carbonyl (C=O) groups excluding carboxylic acids is 1. The smallest absolute Gasteiger partial charge is 0.288 e. The predicted molar refractivity (Wildman–Crippen MR) is 72.6 cm³/mol. The molecule has 6 nitrogen and oxygen atoms in total. The van der Waals surface area contributed by atoms with Gasteiger partial charge in [-0.15, -0.1) is 11.8 Å². The van der Waals surface area contributed by atoms with Crippen molar-refractivity contribution in [3.05, 3.63) is 36.5 Å². The van der Waals surface area contributed by atoms with Crippen molar-refractivity contribution in [2.24, 2.45) is 0 Å². The Morgan fingerprint density at radius 3 is 2.79 bits per heavy atom. The number of carbonyl (C=O) groups is 1. The second-order valence-electron chi connectivity index (χ2n) is 3.98. The number of benzene rings is 1. The van der Waals surface area contributed by atoms with Gasteiger partial charge in [0.05, 0.1) is 24.6 Å². The van der Waals surface area contributed by atoms with Crippen LogP contribution >= 0.6 is 11.8 Å². The highest BCUT2D eigenvalue weighted by atomic mass is 32.2. The van der Waals surface area contributed by atoms with Crippen molar-refractivity contribution < 1.29 is 14.1 Å². The van der Waals surface area contributed by atoms with E-state index in [1.807, 2.05) is 44.4 Å². The molecular formula is C12H15N4O2S+. The van der Waals surface area contributed by atoms with Gasteiger partial charge in [-0.3, -0.25) is 14.6 Å². The van der Waals surface area contributed by atoms with Gasteiger partial charge < -0.3 is 0 Å². The van der Waals surface area contributed by atoms with Crippen LogP contribution in [-0.4, -0.2) is 31.0 Å². The summed E-state index contributed by atoms with van der Waals surface area (Å²) >= 11 is 1.47. The van der Waals surface area contributed by atoms with Gasteiger partial charge in [0.15, 0.2) is 0 Å². The van der Waals surface area contributed by atoms with Gasteiger partial charge in [0.25, 0.3) is 6.20 Å². The molecule has 0 saturated carbocycles. The van der Waals surface area contributed by atoms with Crippen LogP contribution in [0, 0.1) is 0 Å². The number of anilines is 1. The van der Waals surface area contributed by atoms with Gasteiger partial charge in [0.1, 0.15) is 0 Å². The molecule has 0 atom stereocenters. The quantitative estimate of drug-likeness (QED) is 0.650. The highest BCUT2D eigenvalue weighted by molar-refractivity contribution is 8.00. The monoisotopic (exact) mass is 279 g/mol. The Hall–Kier alpha value is -2.02. The van der Waals surface area contributed by atoms with Crippen molar-refractivity contribution in [1.82, 2.24) is 5.27 Å². The fourth-order valence-corrected chi connectivity index (χ4v) is 2.04. The summed E-state index contributed by atoms with van der Waals surface area (Å²) in [5.41, 5.74) is 0. The van der Waals surface area contributed by atoms with Gasteiger partial charge in [-0.2, -0.15) is 5.01 Å². The molecule has 1 aromatic carbocycles. The molecule has 0 aliphatic rings. The molecule has 7 heteroatoms. The van der Waals surface area contributed by atoms with Crippen LogP contribution in [0.4, 0.5) is 5.88 Å². The first-order valence-corrected chi connectivity index (χ1v) is 6.67. The van der Waals surface area contributed by atoms with Crippen molar-refractivity contribution in [2.45, 2.75) is 4.90 Å². The van der Waals surface area contributed by atoms with E-state index in [4.69, 9.17) is 4.52 Å². The number of hydrogen-bond donors (Lipinski definition) is 1. The average molecular weight is 279 g/mol. The van der Waals surface area contributed by atoms with Crippen LogP contribution in [0.25, 0.3) is 0 Å². The first-order valence-electron chi connectivity index (χ1n) is 5.69. The number of rotatable bonds is 5. The summed E-state index contributed by atoms with van der Waals surface area (Å²) in [6, 6.07) is 9.75. The van der Waals surface area contributed by atoms with E-state index in [0.717, 1.165) is 4.90 Å². The summed E-state index contributed by atoms with van der Waals surface area (Å²) in [4.78, 5) is 14.3. The molecule has 2 aromatic rings. The van der Waals surface area contributed by atoms with Gasteiger partial charge in [-0.25, -0.2) is 0 Å². The van der Waals surface area contributed by atoms with Gasteiger partial charge in [0, 0.05) is 4.90 Å². The first kappa shape index (κ1) is 13.4. The maximum absolute atomic E-state index is 11.7. The lowest BCUT2D eigenvalue weighted by Gasteiger charge is -2.00. The maximum atomic E-state index is 11.7. The van der Waals surface area contributed by atoms with E-state index in [0.29, 0.717) is 11.6 Å². The molecule has 0 radical (unpaired) electrons. The van der Waals surface area contributed by atoms with Gasteiger partial charge in [-0.05, 0) is 12.1 Å². The summed E-state index contributed by atoms with van der Waals surface area (Å²) in [6.07, 6.45) is 1.60. The minimum atomic E-state index is -0.129. The van der Waals surface area contributed by atoms with Crippen LogP contribution < -0.4 is 15.1 Å². The number of amides is 1. The van der Waals surface area contributed by atoms with Gasteiger partial charge in [-0.1, -0.05) is 18.2 Å². The molecule has 1 amide bonds. The SMILES string of the molecule is CN(C)[n+]1cc(NC(=O)CSc2ccccc2)on1. The molecule has 100 valence electrons. The van der Waals surface area contributed by atoms with E-state index in [1.54, 1.807) is 11.2 Å². The Balaban J connectivity index is 1.84. The van der Waals surface area contributed by atoms with Crippen LogP contribution in [0.3, 0.4) is 0 Å². The molecule has 0 aliphatic carbocycles. The van der Waals surface area contributed by atoms with E-state index in [2.05, 4.69) is 10.6 Å². The Labute approximate surface area is 115 Å². The predicted octanol–water partition coefficient (Wildman–Crippen LogP) is 0.890. The zero-order chi connectivity index (χ0) is 13.7. The normalized spacial score (nSPS) is 10.2. The van der Waals surface area contributed by atoms with Crippen LogP contribution in [0.5, 0.6) is 0 Å². The van der Waals surface area contributed by atoms with E-state index in [-0.39, 0.29) is 5.91 Å². The number of nitrogens with one attached hydrogen (secondary N) is 1. The summed E-state index contributed by atoms with van der Waals surface area (Å²) in [5.74, 6) is 0.524. The Kier molecular flexibility index (Phi) is 4.40. The van der Waals surface area contributed by atoms with Gasteiger partial charge in [0.2, 0.25) is 11.2 Å². The molecule has 0 bridgehead atoms. The fourth-order valence-electron chi connectivity index (χ4n) is 1.32. The summed E-state index contributed by atoms with van der Waals surface area (Å²) in [7, 11) is 3.64. The van der Waals surface area contributed by atoms with Crippen molar-refractivity contribution in [2.75, 3.05) is 30.2 Å². The fraction of sp³-hybridized carbons (Fsp3) is 0.250. The third-order valence-corrected chi connectivity index (χ3v) is 3.25. The Morgan fingerprint density at radius 2 is 2.16 bits per heavy atom. The lowest BCUT2D eigenvalue weighted by atomic mass is 10.4. The molecule has 1 N–H and O–H groups in total. The van der Waals surface area contributed by atoms with Crippen LogP contribution in [0.15, 0.2) is 45.9 Å². The lowest BCUT2D eigenvalue weighted by molar-refractivity contribution is -0.753. The summed E-state index contributed by atoms with van der Waals surface area (Å²) in [5, 5.41) is 8.10. The molecule has 0 saturated heterocycles. The second kappa shape index (κ2) is 6.24. The molecule has 0 aliphatic heterocycles. The molecule has 19 heavy (non-hydrogen) atoms. The van der Waals surface area contributed by atoms with E-state index in [1.165, 1.54) is 16.6 Å². The largest absolute Gasteiger partial charge is 0.305 e. The highest BCUT2D eigenvalue weighted by Crippen LogP contribution is 2.16. The molecular weight excluding hydrogens is 264 g/mol. The standard InChI is InChI=1S/C12H14N4O2S/c1-15(2)16-8-12(18-14-16)13-11(17)9-19-10-6-4-3-5-7-10/h3-8H,9H2,1-2H3/p+1. The average Bonchev–Trinajstić information content (AvgIpc) is 2.86. The lowest BCUT2D eigenvalue weighted by Crippen LogP contribution is -2.53. The zero-order valence-electron chi connectivity index (χ0n) is 10.7. The summed E-state index contributed by atoms with van der Waals surface area (Å²) < 4.78 is 4.98. The minimum absolute atomic E-state index is 0.129. The van der Waals surface area contributed by atoms with Gasteiger partial charge >= 0.3 is 5.88 Å². The maximum Gasteiger partial charge on any atom is 0.305 e. The van der Waals surface area contributed by atoms with Crippen molar-refractivity contribution in [1.29, 1.82) is 0 Å². The van der Waals surface area contributed by atoms with E-state index >= 15 is 0 Å². The topological polar surface area (TPSA) is 62.2 Å². The molecule has 2 rings (SSSR count). The van der Waals surface area contributed by atoms with E-state index < -0.39 is 0 Å². The summed E-state index contributed by atoms with van der Waals surface area (Å²) in [6.45, 7) is 0. The number of aromatic nitrogens is 2. The number of hydrogen-bond acceptors (Lipinski definition) is 5. The van der Waals surface area contributed by atoms with Crippen LogP contribution in [0.1, 0.15) is 0 Å². The van der Waals surface area contributed by atoms with Crippen molar-refractivity contribution >= 4 is 23.6 Å². The molecule has 0 unspecified atom stereocenters. The third kappa shape index (κ3) is 3.99. The minimum Gasteiger partial charge on any atom is -0.288 e. The van der Waals surface area contributed by atoms with Crippen molar-refractivity contribution in [3.8, 4) is 0 Å². The Bertz CT molecular complexity index is 542. The third-order valence-electron chi connectivity index (χ3n) is 2.24.